The molecule has 4 aromatic rings. The number of fused-ring (bicyclic) bond motifs is 2. The van der Waals surface area contributed by atoms with Crippen LogP contribution in [-0.2, 0) is 11.2 Å². The van der Waals surface area contributed by atoms with Crippen LogP contribution in [0.2, 0.25) is 0 Å². The number of nitrogens with zero attached hydrogens (tertiary/aromatic N) is 3. The molecule has 5 rings (SSSR count). The summed E-state index contributed by atoms with van der Waals surface area (Å²) in [5.41, 5.74) is 9.49. The number of aromatic nitrogens is 3. The van der Waals surface area contributed by atoms with Gasteiger partial charge in [-0.1, -0.05) is 24.3 Å². The number of nitrogens with one attached hydrogen (secondary N) is 1. The molecule has 2 aromatic heterocycles. The van der Waals surface area contributed by atoms with Crippen molar-refractivity contribution in [3.8, 4) is 11.3 Å². The van der Waals surface area contributed by atoms with Gasteiger partial charge in [0.05, 0.1) is 39.0 Å². The molecule has 0 radical (unpaired) electrons. The van der Waals surface area contributed by atoms with E-state index in [1.54, 1.807) is 17.5 Å². The highest BCUT2D eigenvalue weighted by atomic mass is 32.1. The summed E-state index contributed by atoms with van der Waals surface area (Å²) in [6, 6.07) is 14.0. The van der Waals surface area contributed by atoms with Gasteiger partial charge >= 0.3 is 0 Å². The maximum Gasteiger partial charge on any atom is 0.221 e. The molecule has 0 spiro atoms. The number of amides is 1. The van der Waals surface area contributed by atoms with Crippen molar-refractivity contribution in [2.75, 3.05) is 5.32 Å². The van der Waals surface area contributed by atoms with Crippen molar-refractivity contribution in [1.82, 2.24) is 15.0 Å². The third-order valence-corrected chi connectivity index (χ3v) is 5.52. The summed E-state index contributed by atoms with van der Waals surface area (Å²) in [5, 5.41) is 2.81. The summed E-state index contributed by atoms with van der Waals surface area (Å²) in [5.74, 6) is -0.0964. The summed E-state index contributed by atoms with van der Waals surface area (Å²) >= 11 is 1.64. The Hall–Kier alpha value is -3.38. The van der Waals surface area contributed by atoms with Crippen molar-refractivity contribution in [2.24, 2.45) is 0 Å². The van der Waals surface area contributed by atoms with E-state index in [0.29, 0.717) is 0 Å². The van der Waals surface area contributed by atoms with Gasteiger partial charge in [-0.25, -0.2) is 9.97 Å². The fourth-order valence-corrected chi connectivity index (χ4v) is 4.17. The van der Waals surface area contributed by atoms with E-state index in [9.17, 15) is 4.79 Å². The van der Waals surface area contributed by atoms with E-state index >= 15 is 0 Å². The zero-order valence-corrected chi connectivity index (χ0v) is 16.0. The Bertz CT molecular complexity index is 1260. The summed E-state index contributed by atoms with van der Waals surface area (Å²) in [6.07, 6.45) is 4.77. The zero-order chi connectivity index (χ0) is 19.1. The van der Waals surface area contributed by atoms with Crippen LogP contribution in [0.15, 0.2) is 60.2 Å². The molecule has 0 bridgehead atoms. The Balaban J connectivity index is 1.54. The van der Waals surface area contributed by atoms with E-state index in [2.05, 4.69) is 33.5 Å². The first-order valence-electron chi connectivity index (χ1n) is 8.95. The van der Waals surface area contributed by atoms with Gasteiger partial charge in [0.1, 0.15) is 0 Å². The Morgan fingerprint density at radius 3 is 2.93 bits per heavy atom. The van der Waals surface area contributed by atoms with E-state index < -0.39 is 0 Å². The molecule has 1 N–H and O–H groups in total. The Kier molecular flexibility index (Phi) is 3.98. The maximum atomic E-state index is 11.3. The summed E-state index contributed by atoms with van der Waals surface area (Å²) in [7, 11) is 0. The maximum absolute atomic E-state index is 11.3. The van der Waals surface area contributed by atoms with Crippen LogP contribution in [0.4, 0.5) is 5.69 Å². The quantitative estimate of drug-likeness (QED) is 0.556. The van der Waals surface area contributed by atoms with E-state index in [1.165, 1.54) is 11.6 Å². The molecule has 5 nitrogen and oxygen atoms in total. The van der Waals surface area contributed by atoms with Crippen LogP contribution < -0.4 is 5.32 Å². The standard InChI is InChI=1S/C22H16N4OS/c1-13(27)25-16-4-2-3-15(9-16)20-11-23-19-8-6-17(22(19)26-20)14-5-7-18-21(10-14)28-12-24-18/h2-7,9-12H,8H2,1H3,(H,25,27). The second kappa shape index (κ2) is 6.65. The highest BCUT2D eigenvalue weighted by molar-refractivity contribution is 7.16. The first-order valence-corrected chi connectivity index (χ1v) is 9.83. The van der Waals surface area contributed by atoms with Crippen molar-refractivity contribution in [2.45, 2.75) is 13.3 Å². The Labute approximate surface area is 165 Å². The number of allylic oxidation sites excluding steroid dienone is 1. The normalized spacial score (nSPS) is 12.7. The predicted molar refractivity (Wildman–Crippen MR) is 112 cm³/mol. The van der Waals surface area contributed by atoms with Gasteiger partial charge in [-0.15, -0.1) is 11.3 Å². The smallest absolute Gasteiger partial charge is 0.221 e. The molecule has 2 heterocycles. The lowest BCUT2D eigenvalue weighted by molar-refractivity contribution is -0.114. The first kappa shape index (κ1) is 16.8. The van der Waals surface area contributed by atoms with E-state index in [1.807, 2.05) is 35.8 Å². The Morgan fingerprint density at radius 2 is 2.04 bits per heavy atom. The predicted octanol–water partition coefficient (Wildman–Crippen LogP) is 4.70. The first-order chi connectivity index (χ1) is 13.7. The van der Waals surface area contributed by atoms with Gasteiger partial charge in [-0.2, -0.15) is 0 Å². The van der Waals surface area contributed by atoms with Gasteiger partial charge in [0.15, 0.2) is 0 Å². The number of carbonyl (C=O) groups is 1. The van der Waals surface area contributed by atoms with Crippen LogP contribution in [0.5, 0.6) is 0 Å². The fourth-order valence-electron chi connectivity index (χ4n) is 3.45. The molecule has 1 amide bonds. The van der Waals surface area contributed by atoms with E-state index in [0.717, 1.165) is 51.4 Å². The number of hydrogen-bond acceptors (Lipinski definition) is 5. The summed E-state index contributed by atoms with van der Waals surface area (Å²) < 4.78 is 1.17. The molecule has 0 atom stereocenters. The number of thiazole rings is 1. The molecule has 2 aromatic carbocycles. The van der Waals surface area contributed by atoms with Crippen molar-refractivity contribution in [3.05, 3.63) is 77.2 Å². The van der Waals surface area contributed by atoms with Crippen molar-refractivity contribution in [3.63, 3.8) is 0 Å². The topological polar surface area (TPSA) is 67.8 Å². The van der Waals surface area contributed by atoms with Crippen LogP contribution in [0.1, 0.15) is 23.9 Å². The fraction of sp³-hybridized carbons (Fsp3) is 0.0909. The van der Waals surface area contributed by atoms with E-state index in [-0.39, 0.29) is 5.91 Å². The van der Waals surface area contributed by atoms with Gasteiger partial charge in [0, 0.05) is 30.2 Å². The summed E-state index contributed by atoms with van der Waals surface area (Å²) in [6.45, 7) is 1.50. The molecular weight excluding hydrogens is 368 g/mol. The monoisotopic (exact) mass is 384 g/mol. The molecular formula is C22H16N4OS. The molecule has 1 aliphatic rings. The van der Waals surface area contributed by atoms with Crippen LogP contribution in [0.25, 0.3) is 27.0 Å². The minimum Gasteiger partial charge on any atom is -0.326 e. The molecule has 6 heteroatoms. The minimum absolute atomic E-state index is 0.0964. The van der Waals surface area contributed by atoms with Crippen LogP contribution in [0.3, 0.4) is 0 Å². The van der Waals surface area contributed by atoms with Crippen molar-refractivity contribution in [1.29, 1.82) is 0 Å². The van der Waals surface area contributed by atoms with Crippen molar-refractivity contribution >= 4 is 38.7 Å². The molecule has 1 aliphatic carbocycles. The molecule has 0 saturated heterocycles. The third kappa shape index (κ3) is 2.97. The van der Waals surface area contributed by atoms with Crippen LogP contribution in [0, 0.1) is 0 Å². The highest BCUT2D eigenvalue weighted by Crippen LogP contribution is 2.34. The second-order valence-electron chi connectivity index (χ2n) is 6.67. The lowest BCUT2D eigenvalue weighted by Crippen LogP contribution is -2.05. The third-order valence-electron chi connectivity index (χ3n) is 4.72. The Morgan fingerprint density at radius 1 is 1.11 bits per heavy atom. The van der Waals surface area contributed by atoms with Gasteiger partial charge in [-0.05, 0) is 29.8 Å². The highest BCUT2D eigenvalue weighted by Gasteiger charge is 2.20. The van der Waals surface area contributed by atoms with E-state index in [4.69, 9.17) is 4.98 Å². The lowest BCUT2D eigenvalue weighted by Gasteiger charge is -2.09. The average molecular weight is 384 g/mol. The molecule has 0 aliphatic heterocycles. The van der Waals surface area contributed by atoms with Crippen molar-refractivity contribution < 1.29 is 4.79 Å². The van der Waals surface area contributed by atoms with Gasteiger partial charge in [0.25, 0.3) is 0 Å². The summed E-state index contributed by atoms with van der Waals surface area (Å²) in [4.78, 5) is 25.2. The van der Waals surface area contributed by atoms with Gasteiger partial charge in [-0.3, -0.25) is 9.78 Å². The number of anilines is 1. The van der Waals surface area contributed by atoms with Crippen LogP contribution in [-0.4, -0.2) is 20.9 Å². The molecule has 0 saturated carbocycles. The van der Waals surface area contributed by atoms with Crippen LogP contribution >= 0.6 is 11.3 Å². The SMILES string of the molecule is CC(=O)Nc1cccc(-c2cnc3c(n2)C(c2ccc4ncsc4c2)=CC3)c1. The van der Waals surface area contributed by atoms with Gasteiger partial charge in [0.2, 0.25) is 5.91 Å². The zero-order valence-electron chi connectivity index (χ0n) is 15.1. The lowest BCUT2D eigenvalue weighted by atomic mass is 10.0. The molecule has 0 fully saturated rings. The van der Waals surface area contributed by atoms with Gasteiger partial charge < -0.3 is 5.32 Å². The minimum atomic E-state index is -0.0964. The number of rotatable bonds is 3. The number of hydrogen-bond donors (Lipinski definition) is 1. The largest absolute Gasteiger partial charge is 0.326 e. The number of carbonyl (C=O) groups excluding carboxylic acids is 1. The molecule has 28 heavy (non-hydrogen) atoms. The second-order valence-corrected chi connectivity index (χ2v) is 7.56. The number of benzene rings is 2. The molecule has 0 unspecified atom stereocenters. The molecule has 136 valence electrons. The average Bonchev–Trinajstić information content (AvgIpc) is 3.33.